The zero-order valence-corrected chi connectivity index (χ0v) is 14.3. The molecule has 1 atom stereocenters. The van der Waals surface area contributed by atoms with Crippen LogP contribution in [0, 0.1) is 0 Å². The molecule has 0 bridgehead atoms. The molecule has 128 valence electrons. The summed E-state index contributed by atoms with van der Waals surface area (Å²) in [5.41, 5.74) is 2.17. The molecular formula is C21H22N2O2. The highest BCUT2D eigenvalue weighted by Crippen LogP contribution is 2.24. The van der Waals surface area contributed by atoms with Crippen LogP contribution in [0.3, 0.4) is 0 Å². The van der Waals surface area contributed by atoms with Crippen LogP contribution >= 0.6 is 0 Å². The van der Waals surface area contributed by atoms with E-state index in [1.807, 2.05) is 79.1 Å². The van der Waals surface area contributed by atoms with E-state index in [1.54, 1.807) is 7.11 Å². The van der Waals surface area contributed by atoms with Crippen LogP contribution in [0.4, 0.5) is 0 Å². The van der Waals surface area contributed by atoms with Crippen molar-refractivity contribution >= 4 is 5.91 Å². The Bertz CT molecular complexity index is 781. The van der Waals surface area contributed by atoms with Crippen LogP contribution in [0.1, 0.15) is 23.6 Å². The van der Waals surface area contributed by atoms with Gasteiger partial charge in [-0.15, -0.1) is 0 Å². The Hall–Kier alpha value is -3.01. The standard InChI is InChI=1S/C21H22N2O2/c1-25-19-11-9-18(10-12-19)20(23-13-5-6-14-23)15-21(24)22-16-17-7-3-2-4-8-17/h2-14,20H,15-16H2,1H3,(H,22,24). The first-order valence-corrected chi connectivity index (χ1v) is 8.33. The number of rotatable bonds is 7. The lowest BCUT2D eigenvalue weighted by atomic mass is 10.0. The number of amides is 1. The monoisotopic (exact) mass is 334 g/mol. The van der Waals surface area contributed by atoms with Gasteiger partial charge in [-0.25, -0.2) is 0 Å². The van der Waals surface area contributed by atoms with Gasteiger partial charge in [0, 0.05) is 18.9 Å². The second-order valence-corrected chi connectivity index (χ2v) is 5.89. The van der Waals surface area contributed by atoms with Crippen LogP contribution in [0.5, 0.6) is 5.75 Å². The maximum atomic E-state index is 12.5. The first-order chi connectivity index (χ1) is 12.3. The fourth-order valence-electron chi connectivity index (χ4n) is 2.82. The molecule has 0 radical (unpaired) electrons. The number of aromatic nitrogens is 1. The molecule has 4 heteroatoms. The Morgan fingerprint density at radius 2 is 1.68 bits per heavy atom. The zero-order chi connectivity index (χ0) is 17.5. The summed E-state index contributed by atoms with van der Waals surface area (Å²) in [7, 11) is 1.65. The predicted octanol–water partition coefficient (Wildman–Crippen LogP) is 3.79. The molecule has 1 N–H and O–H groups in total. The van der Waals surface area contributed by atoms with Crippen molar-refractivity contribution in [1.82, 2.24) is 9.88 Å². The van der Waals surface area contributed by atoms with Crippen molar-refractivity contribution in [3.63, 3.8) is 0 Å². The van der Waals surface area contributed by atoms with Gasteiger partial charge in [-0.2, -0.15) is 0 Å². The van der Waals surface area contributed by atoms with Crippen LogP contribution < -0.4 is 10.1 Å². The summed E-state index contributed by atoms with van der Waals surface area (Å²) in [4.78, 5) is 12.5. The predicted molar refractivity (Wildman–Crippen MR) is 98.5 cm³/mol. The zero-order valence-electron chi connectivity index (χ0n) is 14.3. The maximum Gasteiger partial charge on any atom is 0.222 e. The Balaban J connectivity index is 1.70. The molecule has 0 fully saturated rings. The minimum absolute atomic E-state index is 0.0263. The van der Waals surface area contributed by atoms with E-state index in [9.17, 15) is 4.79 Å². The summed E-state index contributed by atoms with van der Waals surface area (Å²) in [5.74, 6) is 0.835. The van der Waals surface area contributed by atoms with Crippen LogP contribution in [-0.4, -0.2) is 17.6 Å². The van der Waals surface area contributed by atoms with Crippen LogP contribution in [-0.2, 0) is 11.3 Å². The number of carbonyl (C=O) groups excluding carboxylic acids is 1. The average molecular weight is 334 g/mol. The summed E-state index contributed by atoms with van der Waals surface area (Å²) in [6.45, 7) is 0.542. The number of nitrogens with one attached hydrogen (secondary N) is 1. The van der Waals surface area contributed by atoms with Crippen molar-refractivity contribution in [3.8, 4) is 5.75 Å². The molecule has 4 nitrogen and oxygen atoms in total. The van der Waals surface area contributed by atoms with Crippen molar-refractivity contribution < 1.29 is 9.53 Å². The lowest BCUT2D eigenvalue weighted by Crippen LogP contribution is -2.26. The molecule has 3 aromatic rings. The van der Waals surface area contributed by atoms with Crippen molar-refractivity contribution in [3.05, 3.63) is 90.3 Å². The molecule has 1 unspecified atom stereocenters. The van der Waals surface area contributed by atoms with Gasteiger partial charge in [0.05, 0.1) is 19.6 Å². The molecule has 0 saturated carbocycles. The highest BCUT2D eigenvalue weighted by Gasteiger charge is 2.17. The molecule has 0 saturated heterocycles. The fraction of sp³-hybridized carbons (Fsp3) is 0.190. The molecular weight excluding hydrogens is 312 g/mol. The Kier molecular flexibility index (Phi) is 5.52. The number of methoxy groups -OCH3 is 1. The van der Waals surface area contributed by atoms with E-state index < -0.39 is 0 Å². The van der Waals surface area contributed by atoms with E-state index in [0.717, 1.165) is 16.9 Å². The topological polar surface area (TPSA) is 43.3 Å². The van der Waals surface area contributed by atoms with Gasteiger partial charge >= 0.3 is 0 Å². The third kappa shape index (κ3) is 4.51. The quantitative estimate of drug-likeness (QED) is 0.714. The lowest BCUT2D eigenvalue weighted by Gasteiger charge is -2.19. The van der Waals surface area contributed by atoms with E-state index in [4.69, 9.17) is 4.74 Å². The molecule has 3 rings (SSSR count). The third-order valence-electron chi connectivity index (χ3n) is 4.20. The van der Waals surface area contributed by atoms with Gasteiger partial charge in [-0.3, -0.25) is 4.79 Å². The second-order valence-electron chi connectivity index (χ2n) is 5.89. The molecule has 25 heavy (non-hydrogen) atoms. The average Bonchev–Trinajstić information content (AvgIpc) is 3.20. The lowest BCUT2D eigenvalue weighted by molar-refractivity contribution is -0.121. The van der Waals surface area contributed by atoms with Gasteiger partial charge < -0.3 is 14.6 Å². The van der Waals surface area contributed by atoms with Crippen LogP contribution in [0.15, 0.2) is 79.1 Å². The number of nitrogens with zero attached hydrogens (tertiary/aromatic N) is 1. The molecule has 0 aliphatic rings. The van der Waals surface area contributed by atoms with Gasteiger partial charge in [-0.1, -0.05) is 42.5 Å². The summed E-state index contributed by atoms with van der Waals surface area (Å²) in [6.07, 6.45) is 4.35. The first kappa shape index (κ1) is 16.8. The second kappa shape index (κ2) is 8.20. The molecule has 0 aliphatic heterocycles. The molecule has 1 aromatic heterocycles. The summed E-state index contributed by atoms with van der Waals surface area (Å²) >= 11 is 0. The third-order valence-corrected chi connectivity index (χ3v) is 4.20. The van der Waals surface area contributed by atoms with Gasteiger partial charge in [0.25, 0.3) is 0 Å². The number of hydrogen-bond donors (Lipinski definition) is 1. The largest absolute Gasteiger partial charge is 0.497 e. The summed E-state index contributed by atoms with van der Waals surface area (Å²) < 4.78 is 7.28. The van der Waals surface area contributed by atoms with Crippen molar-refractivity contribution in [2.45, 2.75) is 19.0 Å². The number of hydrogen-bond acceptors (Lipinski definition) is 2. The summed E-state index contributed by atoms with van der Waals surface area (Å²) in [6, 6.07) is 21.7. The van der Waals surface area contributed by atoms with Crippen molar-refractivity contribution in [2.75, 3.05) is 7.11 Å². The number of benzene rings is 2. The van der Waals surface area contributed by atoms with Crippen molar-refractivity contribution in [2.24, 2.45) is 0 Å². The number of ether oxygens (including phenoxy) is 1. The molecule has 1 heterocycles. The molecule has 0 aliphatic carbocycles. The van der Waals surface area contributed by atoms with Gasteiger partial charge in [0.1, 0.15) is 5.75 Å². The van der Waals surface area contributed by atoms with Gasteiger partial charge in [0.15, 0.2) is 0 Å². The van der Waals surface area contributed by atoms with Gasteiger partial charge in [0.2, 0.25) is 5.91 Å². The smallest absolute Gasteiger partial charge is 0.222 e. The number of carbonyl (C=O) groups is 1. The van der Waals surface area contributed by atoms with E-state index in [1.165, 1.54) is 0 Å². The highest BCUT2D eigenvalue weighted by atomic mass is 16.5. The van der Waals surface area contributed by atoms with E-state index >= 15 is 0 Å². The first-order valence-electron chi connectivity index (χ1n) is 8.33. The van der Waals surface area contributed by atoms with Crippen LogP contribution in [0.25, 0.3) is 0 Å². The minimum atomic E-state index is -0.0447. The maximum absolute atomic E-state index is 12.5. The van der Waals surface area contributed by atoms with Crippen LogP contribution in [0.2, 0.25) is 0 Å². The van der Waals surface area contributed by atoms with Crippen molar-refractivity contribution in [1.29, 1.82) is 0 Å². The Labute approximate surface area is 148 Å². The van der Waals surface area contributed by atoms with E-state index in [2.05, 4.69) is 9.88 Å². The Morgan fingerprint density at radius 3 is 2.32 bits per heavy atom. The highest BCUT2D eigenvalue weighted by molar-refractivity contribution is 5.76. The Morgan fingerprint density at radius 1 is 1.00 bits per heavy atom. The van der Waals surface area contributed by atoms with E-state index in [0.29, 0.717) is 13.0 Å². The van der Waals surface area contributed by atoms with Gasteiger partial charge in [-0.05, 0) is 35.4 Å². The molecule has 0 spiro atoms. The molecule has 2 aromatic carbocycles. The fourth-order valence-corrected chi connectivity index (χ4v) is 2.82. The minimum Gasteiger partial charge on any atom is -0.497 e. The summed E-state index contributed by atoms with van der Waals surface area (Å²) in [5, 5.41) is 3.01. The SMILES string of the molecule is COc1ccc(C(CC(=O)NCc2ccccc2)n2cccc2)cc1. The molecule has 1 amide bonds. The van der Waals surface area contributed by atoms with E-state index in [-0.39, 0.29) is 11.9 Å². The normalized spacial score (nSPS) is 11.7.